The zero-order chi connectivity index (χ0) is 9.84. The fourth-order valence-electron chi connectivity index (χ4n) is 1.14. The number of carbonyl (C=O) groups excluding carboxylic acids is 1. The molecule has 1 rings (SSSR count). The molecule has 0 N–H and O–H groups in total. The van der Waals surface area contributed by atoms with Crippen LogP contribution in [0.4, 0.5) is 0 Å². The molecule has 2 nitrogen and oxygen atoms in total. The second-order valence-corrected chi connectivity index (χ2v) is 3.62. The molecule has 1 aromatic rings. The van der Waals surface area contributed by atoms with Crippen LogP contribution in [0.25, 0.3) is 0 Å². The molecule has 0 amide bonds. The third kappa shape index (κ3) is 2.98. The molecule has 0 saturated heterocycles. The zero-order valence-corrected chi connectivity index (χ0v) is 8.37. The topological polar surface area (TPSA) is 30.0 Å². The van der Waals surface area contributed by atoms with Gasteiger partial charge in [0, 0.05) is 18.3 Å². The SMILES string of the molecule is CC(=O)Cc1ccc(C(C)C)cn1. The van der Waals surface area contributed by atoms with Crippen LogP contribution in [0.1, 0.15) is 37.9 Å². The van der Waals surface area contributed by atoms with Crippen LogP contribution in [0.3, 0.4) is 0 Å². The highest BCUT2D eigenvalue weighted by molar-refractivity contribution is 5.77. The number of hydrogen-bond donors (Lipinski definition) is 0. The quantitative estimate of drug-likeness (QED) is 0.709. The van der Waals surface area contributed by atoms with Crippen molar-refractivity contribution < 1.29 is 4.79 Å². The molecule has 0 aliphatic rings. The largest absolute Gasteiger partial charge is 0.300 e. The molecule has 2 heteroatoms. The van der Waals surface area contributed by atoms with Crippen LogP contribution >= 0.6 is 0 Å². The summed E-state index contributed by atoms with van der Waals surface area (Å²) < 4.78 is 0. The van der Waals surface area contributed by atoms with Crippen molar-refractivity contribution in [1.82, 2.24) is 4.98 Å². The number of ketones is 1. The normalized spacial score (nSPS) is 10.5. The van der Waals surface area contributed by atoms with Crippen LogP contribution in [0.5, 0.6) is 0 Å². The van der Waals surface area contributed by atoms with Crippen molar-refractivity contribution in [3.8, 4) is 0 Å². The molecule has 70 valence electrons. The molecule has 0 fully saturated rings. The number of hydrogen-bond acceptors (Lipinski definition) is 2. The summed E-state index contributed by atoms with van der Waals surface area (Å²) >= 11 is 0. The van der Waals surface area contributed by atoms with Gasteiger partial charge in [0.1, 0.15) is 5.78 Å². The van der Waals surface area contributed by atoms with E-state index < -0.39 is 0 Å². The predicted octanol–water partition coefficient (Wildman–Crippen LogP) is 2.34. The summed E-state index contributed by atoms with van der Waals surface area (Å²) in [5.41, 5.74) is 2.07. The molecular formula is C11H15NO. The number of Topliss-reactive ketones (excluding diaryl/α,β-unsaturated/α-hetero) is 1. The van der Waals surface area contributed by atoms with Crippen LogP contribution < -0.4 is 0 Å². The average molecular weight is 177 g/mol. The van der Waals surface area contributed by atoms with Gasteiger partial charge in [-0.15, -0.1) is 0 Å². The van der Waals surface area contributed by atoms with Crippen molar-refractivity contribution >= 4 is 5.78 Å². The molecule has 1 aromatic heterocycles. The Labute approximate surface area is 79.0 Å². The maximum Gasteiger partial charge on any atom is 0.135 e. The molecule has 0 aliphatic carbocycles. The Balaban J connectivity index is 2.75. The predicted molar refractivity (Wildman–Crippen MR) is 52.7 cm³/mol. The summed E-state index contributed by atoms with van der Waals surface area (Å²) in [6.07, 6.45) is 2.29. The van der Waals surface area contributed by atoms with E-state index in [4.69, 9.17) is 0 Å². The minimum atomic E-state index is 0.157. The highest BCUT2D eigenvalue weighted by atomic mass is 16.1. The molecule has 1 heterocycles. The van der Waals surface area contributed by atoms with E-state index in [-0.39, 0.29) is 5.78 Å². The van der Waals surface area contributed by atoms with E-state index in [1.165, 1.54) is 5.56 Å². The lowest BCUT2D eigenvalue weighted by Crippen LogP contribution is -1.99. The fraction of sp³-hybridized carbons (Fsp3) is 0.455. The molecular weight excluding hydrogens is 162 g/mol. The highest BCUT2D eigenvalue weighted by Crippen LogP contribution is 2.12. The first-order valence-corrected chi connectivity index (χ1v) is 4.54. The van der Waals surface area contributed by atoms with Crippen molar-refractivity contribution in [2.45, 2.75) is 33.1 Å². The van der Waals surface area contributed by atoms with E-state index in [0.717, 1.165) is 5.69 Å². The van der Waals surface area contributed by atoms with E-state index in [0.29, 0.717) is 12.3 Å². The Morgan fingerprint density at radius 1 is 1.46 bits per heavy atom. The van der Waals surface area contributed by atoms with Crippen LogP contribution in [-0.4, -0.2) is 10.8 Å². The van der Waals surface area contributed by atoms with Gasteiger partial charge in [-0.1, -0.05) is 19.9 Å². The van der Waals surface area contributed by atoms with Crippen LogP contribution in [-0.2, 0) is 11.2 Å². The molecule has 0 aromatic carbocycles. The molecule has 0 spiro atoms. The Hall–Kier alpha value is -1.18. The second-order valence-electron chi connectivity index (χ2n) is 3.62. The summed E-state index contributed by atoms with van der Waals surface area (Å²) in [5, 5.41) is 0. The molecule has 0 saturated carbocycles. The first-order valence-electron chi connectivity index (χ1n) is 4.54. The lowest BCUT2D eigenvalue weighted by Gasteiger charge is -2.04. The number of carbonyl (C=O) groups is 1. The van der Waals surface area contributed by atoms with Gasteiger partial charge in [0.2, 0.25) is 0 Å². The molecule has 0 radical (unpaired) electrons. The number of pyridine rings is 1. The summed E-state index contributed by atoms with van der Waals surface area (Å²) in [7, 11) is 0. The fourth-order valence-corrected chi connectivity index (χ4v) is 1.14. The standard InChI is InChI=1S/C11H15NO/c1-8(2)10-4-5-11(12-7-10)6-9(3)13/h4-5,7-8H,6H2,1-3H3. The second kappa shape index (κ2) is 4.17. The van der Waals surface area contributed by atoms with E-state index in [2.05, 4.69) is 18.8 Å². The van der Waals surface area contributed by atoms with Crippen molar-refractivity contribution in [3.05, 3.63) is 29.6 Å². The zero-order valence-electron chi connectivity index (χ0n) is 8.37. The van der Waals surface area contributed by atoms with Gasteiger partial charge in [-0.2, -0.15) is 0 Å². The molecule has 0 bridgehead atoms. The Kier molecular flexibility index (Phi) is 3.18. The van der Waals surface area contributed by atoms with Crippen molar-refractivity contribution in [2.24, 2.45) is 0 Å². The molecule has 0 unspecified atom stereocenters. The van der Waals surface area contributed by atoms with Crippen molar-refractivity contribution in [2.75, 3.05) is 0 Å². The maximum atomic E-state index is 10.8. The lowest BCUT2D eigenvalue weighted by molar-refractivity contribution is -0.116. The summed E-state index contributed by atoms with van der Waals surface area (Å²) in [6, 6.07) is 3.96. The van der Waals surface area contributed by atoms with Gasteiger partial charge in [0.25, 0.3) is 0 Å². The van der Waals surface area contributed by atoms with E-state index in [1.54, 1.807) is 6.92 Å². The smallest absolute Gasteiger partial charge is 0.135 e. The highest BCUT2D eigenvalue weighted by Gasteiger charge is 2.01. The monoisotopic (exact) mass is 177 g/mol. The maximum absolute atomic E-state index is 10.8. The van der Waals surface area contributed by atoms with Gasteiger partial charge in [-0.05, 0) is 24.5 Å². The first-order chi connectivity index (χ1) is 6.09. The van der Waals surface area contributed by atoms with Gasteiger partial charge in [-0.3, -0.25) is 9.78 Å². The average Bonchev–Trinajstić information content (AvgIpc) is 2.04. The first kappa shape index (κ1) is 9.90. The Bertz CT molecular complexity index is 287. The Morgan fingerprint density at radius 3 is 2.54 bits per heavy atom. The Morgan fingerprint density at radius 2 is 2.15 bits per heavy atom. The van der Waals surface area contributed by atoms with E-state index in [9.17, 15) is 4.79 Å². The van der Waals surface area contributed by atoms with Crippen molar-refractivity contribution in [3.63, 3.8) is 0 Å². The number of aromatic nitrogens is 1. The van der Waals surface area contributed by atoms with Crippen LogP contribution in [0, 0.1) is 0 Å². The minimum absolute atomic E-state index is 0.157. The number of rotatable bonds is 3. The van der Waals surface area contributed by atoms with Gasteiger partial charge in [-0.25, -0.2) is 0 Å². The van der Waals surface area contributed by atoms with Gasteiger partial charge in [0.15, 0.2) is 0 Å². The van der Waals surface area contributed by atoms with Gasteiger partial charge in [0.05, 0.1) is 0 Å². The molecule has 0 aliphatic heterocycles. The van der Waals surface area contributed by atoms with Crippen LogP contribution in [0.15, 0.2) is 18.3 Å². The molecule has 13 heavy (non-hydrogen) atoms. The van der Waals surface area contributed by atoms with Crippen molar-refractivity contribution in [1.29, 1.82) is 0 Å². The summed E-state index contributed by atoms with van der Waals surface area (Å²) in [5.74, 6) is 0.656. The number of nitrogens with zero attached hydrogens (tertiary/aromatic N) is 1. The lowest BCUT2D eigenvalue weighted by atomic mass is 10.1. The van der Waals surface area contributed by atoms with Gasteiger partial charge < -0.3 is 0 Å². The van der Waals surface area contributed by atoms with E-state index >= 15 is 0 Å². The third-order valence-electron chi connectivity index (χ3n) is 1.94. The van der Waals surface area contributed by atoms with Crippen LogP contribution in [0.2, 0.25) is 0 Å². The third-order valence-corrected chi connectivity index (χ3v) is 1.94. The summed E-state index contributed by atoms with van der Waals surface area (Å²) in [4.78, 5) is 15.0. The van der Waals surface area contributed by atoms with Gasteiger partial charge >= 0.3 is 0 Å². The van der Waals surface area contributed by atoms with E-state index in [1.807, 2.05) is 18.3 Å². The molecule has 0 atom stereocenters. The minimum Gasteiger partial charge on any atom is -0.300 e. The summed E-state index contributed by atoms with van der Waals surface area (Å²) in [6.45, 7) is 5.83.